The first-order valence-electron chi connectivity index (χ1n) is 47.0. The number of benzene rings is 19. The molecule has 2 spiro atoms. The van der Waals surface area contributed by atoms with E-state index in [1.807, 2.05) is 36.4 Å². The Labute approximate surface area is 822 Å². The molecule has 4 aliphatic rings. The van der Waals surface area contributed by atoms with Crippen LogP contribution in [0.25, 0.3) is 122 Å². The van der Waals surface area contributed by atoms with Gasteiger partial charge in [0.05, 0.1) is 21.9 Å². The predicted octanol–water partition coefficient (Wildman–Crippen LogP) is 37.6. The number of hydrogen-bond donors (Lipinski definition) is 1. The average Bonchev–Trinajstić information content (AvgIpc) is 1.50. The van der Waals surface area contributed by atoms with Crippen molar-refractivity contribution in [3.8, 4) is 77.9 Å². The van der Waals surface area contributed by atoms with Crippen molar-refractivity contribution in [2.24, 2.45) is 0 Å². The van der Waals surface area contributed by atoms with Gasteiger partial charge in [-0.1, -0.05) is 375 Å². The van der Waals surface area contributed by atoms with Crippen molar-refractivity contribution in [3.05, 3.63) is 500 Å². The van der Waals surface area contributed by atoms with Gasteiger partial charge in [0.25, 0.3) is 0 Å². The molecule has 0 saturated carbocycles. The molecule has 2 aromatic heterocycles. The van der Waals surface area contributed by atoms with Crippen LogP contribution >= 0.6 is 31.9 Å². The minimum Gasteiger partial charge on any atom is -0.455 e. The molecule has 4 aliphatic carbocycles. The first-order chi connectivity index (χ1) is 66.4. The summed E-state index contributed by atoms with van der Waals surface area (Å²) in [6, 6.07) is 147. The number of anilines is 8. The third kappa shape index (κ3) is 14.8. The molecular formula is C129H101Br2F2N3O2. The van der Waals surface area contributed by atoms with Crippen LogP contribution in [0.15, 0.2) is 436 Å². The Morgan fingerprint density at radius 3 is 1.05 bits per heavy atom. The van der Waals surface area contributed by atoms with Crippen LogP contribution in [0.3, 0.4) is 0 Å². The molecule has 0 bridgehead atoms. The van der Waals surface area contributed by atoms with Crippen molar-refractivity contribution in [1.29, 1.82) is 0 Å². The molecule has 0 amide bonds. The first-order valence-corrected chi connectivity index (χ1v) is 48.6. The minimum atomic E-state index is -0.964. The standard InChI is InChI=1S/C75H59FN2O.C31H15Br2FO.C22H23N.CH4/c1-73(2,3)52-29-38-56(39-30-52)77(55-34-25-50(26-35-55)48-17-9-7-10-18-48)59-42-44-62-66(46-59)75(64-23-15-13-21-60(64)61-43-33-54(76)45-65(61)75)67-47-68(71-63-22-14-16-24-69(63)79-72(71)70(62)67)78(58-40-31-53(32-41-58)74(4,5)6)57-36-27-51(28-37-57)49-19-11-8-12-20-49;32-16-9-11-20-23(13-16)31(22-7-3-1-5-18(22)19-12-10-17(34)14-24(19)31)25-15-26(33)29-21-6-2-4-8-27(21)35-30(29)28(20)25;1-22(2,3)19-11-15-21(16-12-19)23-20-13-9-18(10-14-20)17-7-5-4-6-8-17;/h7-47H,1-6H3;1-15H;4-16,23H,1-3H3;1H4. The highest BCUT2D eigenvalue weighted by atomic mass is 79.9. The monoisotopic (exact) mass is 1920 g/mol. The molecule has 25 rings (SSSR count). The lowest BCUT2D eigenvalue weighted by Gasteiger charge is -2.33. The Hall–Kier alpha value is -15.0. The van der Waals surface area contributed by atoms with Crippen molar-refractivity contribution in [2.45, 2.75) is 96.8 Å². The van der Waals surface area contributed by atoms with Gasteiger partial charge in [-0.3, -0.25) is 0 Å². The van der Waals surface area contributed by atoms with E-state index in [0.29, 0.717) is 0 Å². The van der Waals surface area contributed by atoms with Gasteiger partial charge < -0.3 is 24.0 Å². The zero-order chi connectivity index (χ0) is 93.5. The molecule has 138 heavy (non-hydrogen) atoms. The number of halogens is 4. The Morgan fingerprint density at radius 1 is 0.268 bits per heavy atom. The highest BCUT2D eigenvalue weighted by Gasteiger charge is 2.56. The first kappa shape index (κ1) is 88.3. The van der Waals surface area contributed by atoms with Crippen LogP contribution in [0, 0.1) is 11.6 Å². The van der Waals surface area contributed by atoms with E-state index in [2.05, 4.69) is 467 Å². The Morgan fingerprint density at radius 2 is 0.594 bits per heavy atom. The van der Waals surface area contributed by atoms with Gasteiger partial charge in [-0.05, 0) is 290 Å². The van der Waals surface area contributed by atoms with E-state index < -0.39 is 10.8 Å². The molecule has 672 valence electrons. The highest BCUT2D eigenvalue weighted by molar-refractivity contribution is 9.11. The molecule has 21 aromatic rings. The van der Waals surface area contributed by atoms with Crippen LogP contribution in [-0.2, 0) is 27.1 Å². The molecule has 0 saturated heterocycles. The van der Waals surface area contributed by atoms with Crippen LogP contribution in [-0.4, -0.2) is 0 Å². The third-order valence-corrected chi connectivity index (χ3v) is 29.5. The third-order valence-electron chi connectivity index (χ3n) is 28.4. The summed E-state index contributed by atoms with van der Waals surface area (Å²) in [6.45, 7) is 20.3. The molecule has 9 heteroatoms. The van der Waals surface area contributed by atoms with E-state index in [4.69, 9.17) is 8.83 Å². The topological polar surface area (TPSA) is 44.8 Å². The number of para-hydroxylation sites is 2. The zero-order valence-electron chi connectivity index (χ0n) is 77.6. The minimum absolute atomic E-state index is 0. The van der Waals surface area contributed by atoms with Crippen molar-refractivity contribution >= 4 is 121 Å². The van der Waals surface area contributed by atoms with Crippen molar-refractivity contribution in [3.63, 3.8) is 0 Å². The van der Waals surface area contributed by atoms with Crippen molar-refractivity contribution in [2.75, 3.05) is 15.1 Å². The molecule has 19 aromatic carbocycles. The predicted molar refractivity (Wildman–Crippen MR) is 580 cm³/mol. The maximum absolute atomic E-state index is 16.6. The van der Waals surface area contributed by atoms with Gasteiger partial charge in [-0.25, -0.2) is 8.78 Å². The average molecular weight is 1920 g/mol. The number of nitrogens with one attached hydrogen (secondary N) is 1. The Kier molecular flexibility index (Phi) is 22.0. The largest absolute Gasteiger partial charge is 0.455 e. The van der Waals surface area contributed by atoms with Gasteiger partial charge in [-0.15, -0.1) is 0 Å². The number of fused-ring (bicyclic) bond motifs is 28. The molecule has 0 aliphatic heterocycles. The summed E-state index contributed by atoms with van der Waals surface area (Å²) in [4.78, 5) is 4.78. The second-order valence-corrected chi connectivity index (χ2v) is 41.4. The second-order valence-electron chi connectivity index (χ2n) is 39.6. The molecule has 0 fully saturated rings. The van der Waals surface area contributed by atoms with Crippen LogP contribution in [0.5, 0.6) is 0 Å². The van der Waals surface area contributed by atoms with E-state index >= 15 is 4.39 Å². The summed E-state index contributed by atoms with van der Waals surface area (Å²) in [5.41, 5.74) is 38.2. The quantitative estimate of drug-likeness (QED) is 0.140. The van der Waals surface area contributed by atoms with E-state index in [0.717, 1.165) is 198 Å². The summed E-state index contributed by atoms with van der Waals surface area (Å²) in [5.74, 6) is -0.509. The molecule has 2 heterocycles. The smallest absolute Gasteiger partial charge is 0.145 e. The summed E-state index contributed by atoms with van der Waals surface area (Å²) in [6.07, 6.45) is 0. The fourth-order valence-corrected chi connectivity index (χ4v) is 22.8. The van der Waals surface area contributed by atoms with Gasteiger partial charge in [0.1, 0.15) is 34.0 Å². The lowest BCUT2D eigenvalue weighted by atomic mass is 9.70. The number of hydrogen-bond acceptors (Lipinski definition) is 5. The van der Waals surface area contributed by atoms with Gasteiger partial charge in [0, 0.05) is 76.0 Å². The molecule has 2 unspecified atom stereocenters. The van der Waals surface area contributed by atoms with E-state index in [1.54, 1.807) is 24.3 Å². The number of nitrogens with zero attached hydrogens (tertiary/aromatic N) is 2. The van der Waals surface area contributed by atoms with Crippen LogP contribution in [0.1, 0.15) is 131 Å². The summed E-state index contributed by atoms with van der Waals surface area (Å²) >= 11 is 7.61. The van der Waals surface area contributed by atoms with Gasteiger partial charge in [0.15, 0.2) is 0 Å². The Bertz CT molecular complexity index is 8300. The van der Waals surface area contributed by atoms with Crippen molar-refractivity contribution < 1.29 is 17.6 Å². The molecular weight excluding hydrogens is 1820 g/mol. The normalized spacial score (nSPS) is 14.4. The summed E-state index contributed by atoms with van der Waals surface area (Å²) < 4.78 is 47.3. The lowest BCUT2D eigenvalue weighted by Crippen LogP contribution is -2.27. The molecule has 1 N–H and O–H groups in total. The second kappa shape index (κ2) is 34.4. The summed E-state index contributed by atoms with van der Waals surface area (Å²) in [7, 11) is 0. The van der Waals surface area contributed by atoms with Crippen LogP contribution in [0.4, 0.5) is 54.3 Å². The fourth-order valence-electron chi connectivity index (χ4n) is 21.8. The maximum atomic E-state index is 16.6. The van der Waals surface area contributed by atoms with E-state index in [9.17, 15) is 4.39 Å². The SMILES string of the molecule is C.CC(C)(C)c1ccc(N(c2ccc(-c3ccccc3)cc2)c2ccc3c(c2)C2(c4ccccc4-c4ccc(F)cc42)c2cc(N(c4ccc(-c5ccccc5)cc4)c4ccc(C(C)(C)C)cc4)c4c(oc5ccccc54)c2-3)cc1.CC(C)(C)c1ccc(Nc2ccc(-c3ccccc3)cc2)cc1.Fc1ccc2c(c1)C1(c3ccccc3-2)c2cc(Br)ccc2-c2c1cc(Br)c1c2oc2ccccc21. The van der Waals surface area contributed by atoms with E-state index in [-0.39, 0.29) is 35.3 Å². The number of rotatable bonds is 11. The lowest BCUT2D eigenvalue weighted by molar-refractivity contribution is 0.590. The zero-order valence-corrected chi connectivity index (χ0v) is 80.7. The van der Waals surface area contributed by atoms with Crippen LogP contribution < -0.4 is 15.1 Å². The molecule has 2 atom stereocenters. The van der Waals surface area contributed by atoms with Crippen molar-refractivity contribution in [1.82, 2.24) is 0 Å². The van der Waals surface area contributed by atoms with Gasteiger partial charge in [0.2, 0.25) is 0 Å². The fraction of sp³-hybridized carbons (Fsp3) is 0.116. The highest BCUT2D eigenvalue weighted by Crippen LogP contribution is 2.69. The Balaban J connectivity index is 0.000000151. The molecule has 0 radical (unpaired) electrons. The van der Waals surface area contributed by atoms with Gasteiger partial charge >= 0.3 is 0 Å². The summed E-state index contributed by atoms with van der Waals surface area (Å²) in [5, 5.41) is 7.64. The number of furan rings is 2. The van der Waals surface area contributed by atoms with Crippen LogP contribution in [0.2, 0.25) is 0 Å². The molecule has 5 nitrogen and oxygen atoms in total. The van der Waals surface area contributed by atoms with Gasteiger partial charge in [-0.2, -0.15) is 0 Å². The van der Waals surface area contributed by atoms with E-state index in [1.165, 1.54) is 38.9 Å². The maximum Gasteiger partial charge on any atom is 0.145 e.